The number of ether oxygens (including phenoxy) is 1. The molecule has 2 aromatic heterocycles. The summed E-state index contributed by atoms with van der Waals surface area (Å²) in [5.41, 5.74) is 2.41. The van der Waals surface area contributed by atoms with Gasteiger partial charge in [0.05, 0.1) is 18.7 Å². The van der Waals surface area contributed by atoms with E-state index in [2.05, 4.69) is 16.3 Å². The number of nitriles is 1. The molecule has 0 saturated heterocycles. The molecule has 0 bridgehead atoms. The molecule has 0 radical (unpaired) electrons. The summed E-state index contributed by atoms with van der Waals surface area (Å²) in [5, 5.41) is 18.1. The highest BCUT2D eigenvalue weighted by atomic mass is 32.2. The number of pyridine rings is 1. The van der Waals surface area contributed by atoms with Crippen LogP contribution in [-0.4, -0.2) is 21.7 Å². The predicted octanol–water partition coefficient (Wildman–Crippen LogP) is 2.90. The van der Waals surface area contributed by atoms with E-state index >= 15 is 0 Å². The van der Waals surface area contributed by atoms with Gasteiger partial charge in [0.1, 0.15) is 5.75 Å². The van der Waals surface area contributed by atoms with Crippen molar-refractivity contribution in [2.24, 2.45) is 0 Å². The minimum atomic E-state index is 0.623. The van der Waals surface area contributed by atoms with Crippen molar-refractivity contribution in [2.45, 2.75) is 10.9 Å². The third kappa shape index (κ3) is 2.69. The molecule has 0 aliphatic carbocycles. The van der Waals surface area contributed by atoms with Gasteiger partial charge in [0.2, 0.25) is 0 Å². The zero-order valence-electron chi connectivity index (χ0n) is 11.4. The van der Waals surface area contributed by atoms with Gasteiger partial charge in [0.25, 0.3) is 0 Å². The number of benzene rings is 1. The molecule has 0 amide bonds. The Hall–Kier alpha value is -2.52. The maximum Gasteiger partial charge on any atom is 0.195 e. The molecule has 0 aliphatic heterocycles. The lowest BCUT2D eigenvalue weighted by Crippen LogP contribution is -1.93. The van der Waals surface area contributed by atoms with Gasteiger partial charge in [-0.2, -0.15) is 5.26 Å². The second-order valence-electron chi connectivity index (χ2n) is 4.34. The van der Waals surface area contributed by atoms with Crippen molar-refractivity contribution in [3.8, 4) is 11.8 Å². The molecular formula is C15H12N4OS. The summed E-state index contributed by atoms with van der Waals surface area (Å²) < 4.78 is 7.27. The van der Waals surface area contributed by atoms with Crippen LogP contribution in [0.1, 0.15) is 11.1 Å². The Labute approximate surface area is 126 Å². The standard InChI is InChI=1S/C15H12N4OS/c1-20-13-6-5-11(9-16)8-12(13)10-21-15-18-17-14-4-2-3-7-19(14)15/h2-8H,10H2,1H3. The molecule has 21 heavy (non-hydrogen) atoms. The van der Waals surface area contributed by atoms with E-state index < -0.39 is 0 Å². The molecule has 0 spiro atoms. The minimum absolute atomic E-state index is 0.623. The molecule has 0 unspecified atom stereocenters. The van der Waals surface area contributed by atoms with Crippen LogP contribution in [0.2, 0.25) is 0 Å². The fraction of sp³-hybridized carbons (Fsp3) is 0.133. The van der Waals surface area contributed by atoms with E-state index in [1.54, 1.807) is 24.9 Å². The van der Waals surface area contributed by atoms with E-state index in [1.165, 1.54) is 0 Å². The van der Waals surface area contributed by atoms with Crippen LogP contribution in [0.3, 0.4) is 0 Å². The minimum Gasteiger partial charge on any atom is -0.496 e. The van der Waals surface area contributed by atoms with Gasteiger partial charge >= 0.3 is 0 Å². The normalized spacial score (nSPS) is 10.5. The molecule has 5 nitrogen and oxygen atoms in total. The number of rotatable bonds is 4. The molecule has 1 aromatic carbocycles. The highest BCUT2D eigenvalue weighted by Gasteiger charge is 2.09. The Morgan fingerprint density at radius 3 is 3.00 bits per heavy atom. The van der Waals surface area contributed by atoms with Crippen molar-refractivity contribution in [2.75, 3.05) is 7.11 Å². The summed E-state index contributed by atoms with van der Waals surface area (Å²) in [6, 6.07) is 13.3. The van der Waals surface area contributed by atoms with Crippen molar-refractivity contribution in [1.82, 2.24) is 14.6 Å². The molecule has 0 aliphatic rings. The van der Waals surface area contributed by atoms with Crippen molar-refractivity contribution >= 4 is 17.4 Å². The first-order valence-corrected chi connectivity index (χ1v) is 7.30. The molecule has 0 saturated carbocycles. The number of methoxy groups -OCH3 is 1. The molecule has 3 aromatic rings. The SMILES string of the molecule is COc1ccc(C#N)cc1CSc1nnc2ccccn12. The van der Waals surface area contributed by atoms with Crippen molar-refractivity contribution < 1.29 is 4.74 Å². The van der Waals surface area contributed by atoms with E-state index in [0.717, 1.165) is 22.1 Å². The van der Waals surface area contributed by atoms with Crippen LogP contribution in [0.25, 0.3) is 5.65 Å². The first-order valence-electron chi connectivity index (χ1n) is 6.31. The predicted molar refractivity (Wildman–Crippen MR) is 80.3 cm³/mol. The van der Waals surface area contributed by atoms with Gasteiger partial charge in [-0.05, 0) is 30.3 Å². The average molecular weight is 296 g/mol. The van der Waals surface area contributed by atoms with Crippen LogP contribution in [0.5, 0.6) is 5.75 Å². The van der Waals surface area contributed by atoms with E-state index in [1.807, 2.05) is 40.9 Å². The van der Waals surface area contributed by atoms with Gasteiger partial charge in [0.15, 0.2) is 10.8 Å². The van der Waals surface area contributed by atoms with Crippen molar-refractivity contribution in [3.63, 3.8) is 0 Å². The molecule has 3 rings (SSSR count). The number of nitrogens with zero attached hydrogens (tertiary/aromatic N) is 4. The van der Waals surface area contributed by atoms with Gasteiger partial charge in [-0.1, -0.05) is 17.8 Å². The topological polar surface area (TPSA) is 63.2 Å². The van der Waals surface area contributed by atoms with Gasteiger partial charge < -0.3 is 4.74 Å². The van der Waals surface area contributed by atoms with Crippen LogP contribution < -0.4 is 4.74 Å². The molecule has 2 heterocycles. The lowest BCUT2D eigenvalue weighted by atomic mass is 10.1. The monoisotopic (exact) mass is 296 g/mol. The maximum absolute atomic E-state index is 9.00. The second-order valence-corrected chi connectivity index (χ2v) is 5.28. The number of thioether (sulfide) groups is 1. The summed E-state index contributed by atoms with van der Waals surface area (Å²) in [6.45, 7) is 0. The zero-order valence-corrected chi connectivity index (χ0v) is 12.2. The van der Waals surface area contributed by atoms with Crippen LogP contribution in [-0.2, 0) is 5.75 Å². The highest BCUT2D eigenvalue weighted by Crippen LogP contribution is 2.28. The lowest BCUT2D eigenvalue weighted by molar-refractivity contribution is 0.411. The fourth-order valence-corrected chi connectivity index (χ4v) is 2.92. The molecule has 6 heteroatoms. The first-order chi connectivity index (χ1) is 10.3. The molecular weight excluding hydrogens is 284 g/mol. The number of hydrogen-bond donors (Lipinski definition) is 0. The Kier molecular flexibility index (Phi) is 3.75. The van der Waals surface area contributed by atoms with E-state index in [9.17, 15) is 0 Å². The summed E-state index contributed by atoms with van der Waals surface area (Å²) in [6.07, 6.45) is 1.93. The Bertz CT molecular complexity index is 822. The molecule has 104 valence electrons. The van der Waals surface area contributed by atoms with E-state index in [0.29, 0.717) is 11.3 Å². The summed E-state index contributed by atoms with van der Waals surface area (Å²) in [4.78, 5) is 0. The third-order valence-electron chi connectivity index (χ3n) is 3.05. The third-order valence-corrected chi connectivity index (χ3v) is 4.04. The van der Waals surface area contributed by atoms with Crippen LogP contribution in [0.4, 0.5) is 0 Å². The molecule has 0 atom stereocenters. The highest BCUT2D eigenvalue weighted by molar-refractivity contribution is 7.98. The number of aromatic nitrogens is 3. The Morgan fingerprint density at radius 1 is 1.29 bits per heavy atom. The second kappa shape index (κ2) is 5.85. The van der Waals surface area contributed by atoms with Crippen LogP contribution >= 0.6 is 11.8 Å². The summed E-state index contributed by atoms with van der Waals surface area (Å²) in [5.74, 6) is 1.43. The largest absolute Gasteiger partial charge is 0.496 e. The lowest BCUT2D eigenvalue weighted by Gasteiger charge is -2.07. The maximum atomic E-state index is 9.00. The van der Waals surface area contributed by atoms with Gasteiger partial charge in [-0.15, -0.1) is 10.2 Å². The van der Waals surface area contributed by atoms with Crippen molar-refractivity contribution in [3.05, 3.63) is 53.7 Å². The van der Waals surface area contributed by atoms with Crippen molar-refractivity contribution in [1.29, 1.82) is 5.26 Å². The van der Waals surface area contributed by atoms with E-state index in [4.69, 9.17) is 10.00 Å². The molecule has 0 fully saturated rings. The fourth-order valence-electron chi connectivity index (χ4n) is 2.02. The molecule has 0 N–H and O–H groups in total. The van der Waals surface area contributed by atoms with Crippen LogP contribution in [0.15, 0.2) is 47.8 Å². The average Bonchev–Trinajstić information content (AvgIpc) is 2.96. The summed E-state index contributed by atoms with van der Waals surface area (Å²) in [7, 11) is 1.63. The number of fused-ring (bicyclic) bond motifs is 1. The smallest absolute Gasteiger partial charge is 0.195 e. The van der Waals surface area contributed by atoms with Gasteiger partial charge in [-0.3, -0.25) is 4.40 Å². The van der Waals surface area contributed by atoms with Gasteiger partial charge in [-0.25, -0.2) is 0 Å². The number of hydrogen-bond acceptors (Lipinski definition) is 5. The Balaban J connectivity index is 1.86. The van der Waals surface area contributed by atoms with E-state index in [-0.39, 0.29) is 0 Å². The quantitative estimate of drug-likeness (QED) is 0.693. The first kappa shape index (κ1) is 13.5. The zero-order chi connectivity index (χ0) is 14.7. The Morgan fingerprint density at radius 2 is 2.19 bits per heavy atom. The van der Waals surface area contributed by atoms with Gasteiger partial charge in [0, 0.05) is 17.5 Å². The van der Waals surface area contributed by atoms with Crippen LogP contribution in [0, 0.1) is 11.3 Å². The summed E-state index contributed by atoms with van der Waals surface area (Å²) >= 11 is 1.56.